The van der Waals surface area contributed by atoms with Crippen LogP contribution in [0.3, 0.4) is 0 Å². The predicted molar refractivity (Wildman–Crippen MR) is 151 cm³/mol. The zero-order valence-corrected chi connectivity index (χ0v) is 24.2. The molecule has 3 aliphatic heterocycles. The standard InChI is InChI=1S/C30H35BrF4N4O/c1-20-3-8-27-19-38(11-12-39(20)27)28-17-37(18-28)10-9-22(21-4-6-26(32)7-5-21)16-36(2)29(40)23-13-24(30(33,34)35)15-25(31)14-23/h4-7,13-15,22,27-28H,1,3,8-12,16-19H2,2H3/t22-,27?/m1/s1. The Morgan fingerprint density at radius 2 is 1.82 bits per heavy atom. The number of alkyl halides is 3. The van der Waals surface area contributed by atoms with Gasteiger partial charge < -0.3 is 14.7 Å². The number of hydrogen-bond donors (Lipinski definition) is 0. The minimum absolute atomic E-state index is 0.0291. The summed E-state index contributed by atoms with van der Waals surface area (Å²) < 4.78 is 53.8. The number of fused-ring (bicyclic) bond motifs is 1. The summed E-state index contributed by atoms with van der Waals surface area (Å²) in [4.78, 5) is 22.1. The highest BCUT2D eigenvalue weighted by Gasteiger charge is 2.39. The van der Waals surface area contributed by atoms with E-state index in [1.54, 1.807) is 19.2 Å². The SMILES string of the molecule is C=C1CCC2CN(C3CN(CC[C@H](CN(C)C(=O)c4cc(Br)cc(C(F)(F)F)c4)c4ccc(F)cc4)C3)CCN12. The highest BCUT2D eigenvalue weighted by molar-refractivity contribution is 9.10. The van der Waals surface area contributed by atoms with Gasteiger partial charge in [-0.2, -0.15) is 13.2 Å². The molecular formula is C30H35BrF4N4O. The van der Waals surface area contributed by atoms with Crippen molar-refractivity contribution in [2.45, 2.75) is 43.4 Å². The van der Waals surface area contributed by atoms with E-state index in [9.17, 15) is 22.4 Å². The van der Waals surface area contributed by atoms with Gasteiger partial charge in [0, 0.05) is 80.1 Å². The molecule has 3 aliphatic rings. The van der Waals surface area contributed by atoms with Crippen molar-refractivity contribution in [2.24, 2.45) is 0 Å². The molecule has 3 fully saturated rings. The van der Waals surface area contributed by atoms with Crippen LogP contribution in [0.1, 0.15) is 46.7 Å². The van der Waals surface area contributed by atoms with E-state index in [0.29, 0.717) is 18.6 Å². The van der Waals surface area contributed by atoms with Gasteiger partial charge in [0.15, 0.2) is 0 Å². The molecule has 2 aromatic carbocycles. The number of nitrogens with zero attached hydrogens (tertiary/aromatic N) is 4. The van der Waals surface area contributed by atoms with E-state index in [0.717, 1.165) is 69.8 Å². The van der Waals surface area contributed by atoms with Gasteiger partial charge >= 0.3 is 6.18 Å². The number of rotatable bonds is 8. The largest absolute Gasteiger partial charge is 0.416 e. The molecule has 0 bridgehead atoms. The van der Waals surface area contributed by atoms with E-state index in [1.165, 1.54) is 35.2 Å². The van der Waals surface area contributed by atoms with E-state index in [4.69, 9.17) is 0 Å². The molecule has 10 heteroatoms. The summed E-state index contributed by atoms with van der Waals surface area (Å²) in [6, 6.07) is 10.7. The summed E-state index contributed by atoms with van der Waals surface area (Å²) in [5, 5.41) is 0. The third-order valence-electron chi connectivity index (χ3n) is 8.59. The number of piperazine rings is 1. The van der Waals surface area contributed by atoms with Crippen molar-refractivity contribution in [1.82, 2.24) is 19.6 Å². The number of carbonyl (C=O) groups is 1. The maximum Gasteiger partial charge on any atom is 0.416 e. The summed E-state index contributed by atoms with van der Waals surface area (Å²) in [5.41, 5.74) is 1.27. The molecule has 3 heterocycles. The molecule has 2 aromatic rings. The van der Waals surface area contributed by atoms with Crippen LogP contribution in [-0.2, 0) is 6.18 Å². The number of carbonyl (C=O) groups excluding carboxylic acids is 1. The van der Waals surface area contributed by atoms with E-state index in [-0.39, 0.29) is 21.8 Å². The van der Waals surface area contributed by atoms with E-state index in [1.807, 2.05) is 0 Å². The van der Waals surface area contributed by atoms with Crippen LogP contribution in [0.4, 0.5) is 17.6 Å². The molecule has 1 unspecified atom stereocenters. The fourth-order valence-corrected chi connectivity index (χ4v) is 6.75. The monoisotopic (exact) mass is 622 g/mol. The number of allylic oxidation sites excluding steroid dienone is 1. The van der Waals surface area contributed by atoms with Crippen molar-refractivity contribution in [3.63, 3.8) is 0 Å². The molecule has 216 valence electrons. The molecule has 0 spiro atoms. The van der Waals surface area contributed by atoms with Crippen molar-refractivity contribution in [1.29, 1.82) is 0 Å². The van der Waals surface area contributed by atoms with E-state index in [2.05, 4.69) is 37.2 Å². The van der Waals surface area contributed by atoms with Gasteiger partial charge in [0.25, 0.3) is 5.91 Å². The number of amides is 1. The summed E-state index contributed by atoms with van der Waals surface area (Å²) in [7, 11) is 1.60. The Kier molecular flexibility index (Phi) is 8.59. The molecule has 40 heavy (non-hydrogen) atoms. The topological polar surface area (TPSA) is 30.0 Å². The van der Waals surface area contributed by atoms with Crippen LogP contribution < -0.4 is 0 Å². The van der Waals surface area contributed by atoms with Crippen molar-refractivity contribution in [2.75, 3.05) is 52.9 Å². The highest BCUT2D eigenvalue weighted by atomic mass is 79.9. The van der Waals surface area contributed by atoms with Gasteiger partial charge in [-0.25, -0.2) is 4.39 Å². The Labute approximate surface area is 241 Å². The number of benzene rings is 2. The van der Waals surface area contributed by atoms with Crippen LogP contribution in [0.15, 0.2) is 59.2 Å². The Balaban J connectivity index is 1.20. The maximum atomic E-state index is 13.7. The third kappa shape index (κ3) is 6.55. The first kappa shape index (κ1) is 29.1. The van der Waals surface area contributed by atoms with Crippen molar-refractivity contribution < 1.29 is 22.4 Å². The summed E-state index contributed by atoms with van der Waals surface area (Å²) >= 11 is 3.10. The molecule has 5 rings (SSSR count). The van der Waals surface area contributed by atoms with E-state index < -0.39 is 17.6 Å². The minimum Gasteiger partial charge on any atom is -0.370 e. The zero-order valence-electron chi connectivity index (χ0n) is 22.6. The predicted octanol–water partition coefficient (Wildman–Crippen LogP) is 5.83. The Bertz CT molecular complexity index is 1230. The first-order valence-electron chi connectivity index (χ1n) is 13.8. The van der Waals surface area contributed by atoms with Crippen LogP contribution in [0, 0.1) is 5.82 Å². The van der Waals surface area contributed by atoms with Crippen LogP contribution in [0.5, 0.6) is 0 Å². The highest BCUT2D eigenvalue weighted by Crippen LogP contribution is 2.33. The molecule has 0 saturated carbocycles. The third-order valence-corrected chi connectivity index (χ3v) is 9.05. The average Bonchev–Trinajstić information content (AvgIpc) is 3.26. The van der Waals surface area contributed by atoms with Crippen molar-refractivity contribution in [3.8, 4) is 0 Å². The van der Waals surface area contributed by atoms with Crippen molar-refractivity contribution in [3.05, 3.63) is 81.7 Å². The average molecular weight is 624 g/mol. The second-order valence-corrected chi connectivity index (χ2v) is 12.2. The van der Waals surface area contributed by atoms with Crippen molar-refractivity contribution >= 4 is 21.8 Å². The van der Waals surface area contributed by atoms with Crippen LogP contribution in [0.2, 0.25) is 0 Å². The molecule has 0 aliphatic carbocycles. The van der Waals surface area contributed by atoms with Gasteiger partial charge in [-0.3, -0.25) is 9.69 Å². The Morgan fingerprint density at radius 3 is 2.52 bits per heavy atom. The second-order valence-electron chi connectivity index (χ2n) is 11.3. The maximum absolute atomic E-state index is 13.7. The summed E-state index contributed by atoms with van der Waals surface area (Å²) in [5.74, 6) is -0.912. The lowest BCUT2D eigenvalue weighted by molar-refractivity contribution is -0.137. The lowest BCUT2D eigenvalue weighted by atomic mass is 9.93. The molecule has 2 atom stereocenters. The van der Waals surface area contributed by atoms with Crippen LogP contribution in [0.25, 0.3) is 0 Å². The first-order chi connectivity index (χ1) is 19.0. The molecule has 0 N–H and O–H groups in total. The number of hydrogen-bond acceptors (Lipinski definition) is 4. The summed E-state index contributed by atoms with van der Waals surface area (Å²) in [6.45, 7) is 10.5. The lowest BCUT2D eigenvalue weighted by Crippen LogP contribution is -2.64. The van der Waals surface area contributed by atoms with Gasteiger partial charge in [-0.05, 0) is 61.7 Å². The molecule has 3 saturated heterocycles. The second kappa shape index (κ2) is 11.8. The molecule has 0 aromatic heterocycles. The summed E-state index contributed by atoms with van der Waals surface area (Å²) in [6.07, 6.45) is -1.52. The van der Waals surface area contributed by atoms with Crippen LogP contribution in [-0.4, -0.2) is 90.5 Å². The molecular weight excluding hydrogens is 588 g/mol. The normalized spacial score (nSPS) is 21.3. The fourth-order valence-electron chi connectivity index (χ4n) is 6.25. The zero-order chi connectivity index (χ0) is 28.6. The lowest BCUT2D eigenvalue weighted by Gasteiger charge is -2.50. The number of likely N-dealkylation sites (tertiary alicyclic amines) is 1. The first-order valence-corrected chi connectivity index (χ1v) is 14.6. The molecule has 0 radical (unpaired) electrons. The van der Waals surface area contributed by atoms with Crippen LogP contribution >= 0.6 is 15.9 Å². The van der Waals surface area contributed by atoms with Gasteiger partial charge in [-0.15, -0.1) is 0 Å². The fraction of sp³-hybridized carbons (Fsp3) is 0.500. The van der Waals surface area contributed by atoms with Gasteiger partial charge in [0.05, 0.1) is 5.56 Å². The van der Waals surface area contributed by atoms with Gasteiger partial charge in [0.1, 0.15) is 5.82 Å². The molecule has 5 nitrogen and oxygen atoms in total. The number of likely N-dealkylation sites (N-methyl/N-ethyl adjacent to an activating group) is 1. The minimum atomic E-state index is -4.55. The van der Waals surface area contributed by atoms with E-state index >= 15 is 0 Å². The van der Waals surface area contributed by atoms with Gasteiger partial charge in [-0.1, -0.05) is 34.6 Å². The smallest absolute Gasteiger partial charge is 0.370 e. The quantitative estimate of drug-likeness (QED) is 0.347. The number of halogens is 5. The molecule has 1 amide bonds. The Hall–Kier alpha value is -2.43. The Morgan fingerprint density at radius 1 is 1.10 bits per heavy atom. The van der Waals surface area contributed by atoms with Gasteiger partial charge in [0.2, 0.25) is 0 Å².